The number of aromatic carboxylic acids is 3. The number of nitrogens with zero attached hydrogens (tertiary/aromatic N) is 3. The van der Waals surface area contributed by atoms with E-state index in [4.69, 9.17) is 0 Å². The van der Waals surface area contributed by atoms with Gasteiger partial charge in [0.15, 0.2) is 0 Å². The Morgan fingerprint density at radius 2 is 1.46 bits per heavy atom. The summed E-state index contributed by atoms with van der Waals surface area (Å²) in [6, 6.07) is 10.1. The van der Waals surface area contributed by atoms with Crippen LogP contribution in [0.15, 0.2) is 48.7 Å². The molecule has 0 bridgehead atoms. The van der Waals surface area contributed by atoms with E-state index in [2.05, 4.69) is 10.3 Å². The topological polar surface area (TPSA) is 143 Å². The normalized spacial score (nSPS) is 10.5. The molecule has 0 aliphatic rings. The van der Waals surface area contributed by atoms with Crippen LogP contribution in [0.25, 0.3) is 16.9 Å². The van der Waals surface area contributed by atoms with Crippen molar-refractivity contribution in [3.63, 3.8) is 0 Å². The largest absolute Gasteiger partial charge is 0.478 e. The number of hydrogen-bond donors (Lipinski definition) is 3. The maximum atomic E-state index is 11.5. The fourth-order valence-corrected chi connectivity index (χ4v) is 2.53. The van der Waals surface area contributed by atoms with Crippen molar-refractivity contribution >= 4 is 17.9 Å². The molecule has 1 heterocycles. The number of carbonyl (C=O) groups is 3. The Hall–Kier alpha value is -4.01. The lowest BCUT2D eigenvalue weighted by Gasteiger charge is -2.08. The number of hydrogen-bond acceptors (Lipinski definition) is 5. The van der Waals surface area contributed by atoms with Gasteiger partial charge in [-0.25, -0.2) is 19.1 Å². The third-order valence-electron chi connectivity index (χ3n) is 3.66. The van der Waals surface area contributed by atoms with Crippen LogP contribution in [0.1, 0.15) is 31.1 Å². The van der Waals surface area contributed by atoms with Gasteiger partial charge >= 0.3 is 17.9 Å². The monoisotopic (exact) mass is 353 g/mol. The van der Waals surface area contributed by atoms with Gasteiger partial charge in [-0.3, -0.25) is 0 Å². The van der Waals surface area contributed by atoms with Gasteiger partial charge in [-0.1, -0.05) is 29.5 Å². The van der Waals surface area contributed by atoms with Gasteiger partial charge in [-0.2, -0.15) is 0 Å². The van der Waals surface area contributed by atoms with Gasteiger partial charge in [0.25, 0.3) is 0 Å². The maximum absolute atomic E-state index is 11.5. The molecule has 9 heteroatoms. The maximum Gasteiger partial charge on any atom is 0.338 e. The van der Waals surface area contributed by atoms with Crippen molar-refractivity contribution in [2.24, 2.45) is 0 Å². The van der Waals surface area contributed by atoms with Crippen molar-refractivity contribution in [2.75, 3.05) is 0 Å². The number of aromatic nitrogens is 3. The highest BCUT2D eigenvalue weighted by Gasteiger charge is 2.22. The second-order valence-corrected chi connectivity index (χ2v) is 5.21. The zero-order valence-corrected chi connectivity index (χ0v) is 13.0. The molecule has 0 saturated heterocycles. The molecule has 0 fully saturated rings. The molecular weight excluding hydrogens is 342 g/mol. The third kappa shape index (κ3) is 2.88. The molecule has 0 atom stereocenters. The van der Waals surface area contributed by atoms with E-state index in [-0.39, 0.29) is 16.9 Å². The van der Waals surface area contributed by atoms with Crippen LogP contribution in [0.4, 0.5) is 0 Å². The highest BCUT2D eigenvalue weighted by molar-refractivity contribution is 6.04. The highest BCUT2D eigenvalue weighted by atomic mass is 16.4. The molecule has 1 aromatic heterocycles. The second-order valence-electron chi connectivity index (χ2n) is 5.21. The van der Waals surface area contributed by atoms with Crippen LogP contribution in [0.5, 0.6) is 0 Å². The van der Waals surface area contributed by atoms with Gasteiger partial charge in [0.05, 0.1) is 28.6 Å². The SMILES string of the molecule is O=C(O)c1ccccc1-c1cn(-c2cccc(C(=O)O)c2C(=O)O)nn1. The summed E-state index contributed by atoms with van der Waals surface area (Å²) in [7, 11) is 0. The Morgan fingerprint density at radius 1 is 0.808 bits per heavy atom. The van der Waals surface area contributed by atoms with Gasteiger partial charge in [0.2, 0.25) is 0 Å². The van der Waals surface area contributed by atoms with E-state index in [0.717, 1.165) is 4.68 Å². The summed E-state index contributed by atoms with van der Waals surface area (Å²) in [5.41, 5.74) is -0.306. The molecule has 2 aromatic carbocycles. The van der Waals surface area contributed by atoms with Crippen molar-refractivity contribution in [2.45, 2.75) is 0 Å². The van der Waals surface area contributed by atoms with Gasteiger partial charge in [0, 0.05) is 5.56 Å². The van der Waals surface area contributed by atoms with Crippen LogP contribution in [-0.4, -0.2) is 48.2 Å². The van der Waals surface area contributed by atoms with Gasteiger partial charge in [0.1, 0.15) is 5.69 Å². The molecule has 130 valence electrons. The first-order valence-electron chi connectivity index (χ1n) is 7.25. The Labute approximate surface area is 145 Å². The van der Waals surface area contributed by atoms with Crippen LogP contribution >= 0.6 is 0 Å². The van der Waals surface area contributed by atoms with E-state index < -0.39 is 29.0 Å². The number of carboxylic acid groups (broad SMARTS) is 3. The summed E-state index contributed by atoms with van der Waals surface area (Å²) in [5, 5.41) is 35.6. The fourth-order valence-electron chi connectivity index (χ4n) is 2.53. The predicted octanol–water partition coefficient (Wildman–Crippen LogP) is 2.03. The molecule has 9 nitrogen and oxygen atoms in total. The average Bonchev–Trinajstić information content (AvgIpc) is 3.10. The van der Waals surface area contributed by atoms with Crippen molar-refractivity contribution in [1.29, 1.82) is 0 Å². The third-order valence-corrected chi connectivity index (χ3v) is 3.66. The molecule has 0 amide bonds. The molecule has 0 unspecified atom stereocenters. The van der Waals surface area contributed by atoms with Gasteiger partial charge in [-0.05, 0) is 18.2 Å². The second kappa shape index (κ2) is 6.48. The minimum Gasteiger partial charge on any atom is -0.478 e. The summed E-state index contributed by atoms with van der Waals surface area (Å²) < 4.78 is 1.10. The average molecular weight is 353 g/mol. The first-order chi connectivity index (χ1) is 12.4. The lowest BCUT2D eigenvalue weighted by molar-refractivity contribution is 0.0651. The minimum atomic E-state index is -1.43. The summed E-state index contributed by atoms with van der Waals surface area (Å²) >= 11 is 0. The van der Waals surface area contributed by atoms with E-state index >= 15 is 0 Å². The standard InChI is InChI=1S/C17H11N3O6/c21-15(22)10-5-2-1-4-9(10)12-8-20(19-18-12)13-7-3-6-11(16(23)24)14(13)17(25)26/h1-8H,(H,21,22)(H,23,24)(H,25,26). The van der Waals surface area contributed by atoms with Crippen molar-refractivity contribution in [3.8, 4) is 16.9 Å². The molecule has 3 aromatic rings. The van der Waals surface area contributed by atoms with Gasteiger partial charge < -0.3 is 15.3 Å². The van der Waals surface area contributed by atoms with E-state index in [0.29, 0.717) is 5.56 Å². The van der Waals surface area contributed by atoms with Gasteiger partial charge in [-0.15, -0.1) is 5.10 Å². The van der Waals surface area contributed by atoms with Crippen molar-refractivity contribution in [1.82, 2.24) is 15.0 Å². The molecule has 0 saturated carbocycles. The molecule has 0 aliphatic carbocycles. The van der Waals surface area contributed by atoms with Crippen LogP contribution in [0.2, 0.25) is 0 Å². The van der Waals surface area contributed by atoms with Crippen LogP contribution in [0, 0.1) is 0 Å². The summed E-state index contributed by atoms with van der Waals surface area (Å²) in [6.45, 7) is 0. The molecule has 0 spiro atoms. The molecule has 3 N–H and O–H groups in total. The summed E-state index contributed by atoms with van der Waals surface area (Å²) in [4.78, 5) is 34.2. The Morgan fingerprint density at radius 3 is 2.12 bits per heavy atom. The fraction of sp³-hybridized carbons (Fsp3) is 0. The molecule has 0 aliphatic heterocycles. The quantitative estimate of drug-likeness (QED) is 0.632. The Bertz CT molecular complexity index is 1040. The van der Waals surface area contributed by atoms with Crippen molar-refractivity contribution < 1.29 is 29.7 Å². The van der Waals surface area contributed by atoms with Crippen molar-refractivity contribution in [3.05, 3.63) is 65.4 Å². The number of rotatable bonds is 5. The molecular formula is C17H11N3O6. The summed E-state index contributed by atoms with van der Waals surface area (Å²) in [6.07, 6.45) is 1.34. The minimum absolute atomic E-state index is 0.00366. The Balaban J connectivity index is 2.16. The zero-order chi connectivity index (χ0) is 18.8. The first-order valence-corrected chi connectivity index (χ1v) is 7.25. The van der Waals surface area contributed by atoms with E-state index in [1.165, 1.54) is 30.5 Å². The zero-order valence-electron chi connectivity index (χ0n) is 13.0. The van der Waals surface area contributed by atoms with E-state index in [9.17, 15) is 29.7 Å². The molecule has 3 rings (SSSR count). The van der Waals surface area contributed by atoms with E-state index in [1.54, 1.807) is 18.2 Å². The Kier molecular flexibility index (Phi) is 4.19. The lowest BCUT2D eigenvalue weighted by Crippen LogP contribution is -2.13. The molecule has 26 heavy (non-hydrogen) atoms. The number of benzene rings is 2. The first kappa shape index (κ1) is 16.8. The highest BCUT2D eigenvalue weighted by Crippen LogP contribution is 2.24. The smallest absolute Gasteiger partial charge is 0.338 e. The van der Waals surface area contributed by atoms with E-state index in [1.807, 2.05) is 0 Å². The molecule has 0 radical (unpaired) electrons. The van der Waals surface area contributed by atoms with Crippen LogP contribution < -0.4 is 0 Å². The number of carboxylic acids is 3. The summed E-state index contributed by atoms with van der Waals surface area (Å²) in [5.74, 6) is -3.96. The van der Waals surface area contributed by atoms with Crippen LogP contribution in [0.3, 0.4) is 0 Å². The predicted molar refractivity (Wildman–Crippen MR) is 87.7 cm³/mol. The van der Waals surface area contributed by atoms with Crippen LogP contribution in [-0.2, 0) is 0 Å². The lowest BCUT2D eigenvalue weighted by atomic mass is 10.0.